The van der Waals surface area contributed by atoms with Crippen LogP contribution in [0.25, 0.3) is 0 Å². The Morgan fingerprint density at radius 3 is 3.00 bits per heavy atom. The highest BCUT2D eigenvalue weighted by molar-refractivity contribution is 5.99. The molecule has 0 saturated heterocycles. The van der Waals surface area contributed by atoms with Crippen LogP contribution < -0.4 is 15.4 Å². The lowest BCUT2D eigenvalue weighted by Crippen LogP contribution is -2.43. The molecule has 0 bridgehead atoms. The van der Waals surface area contributed by atoms with Crippen molar-refractivity contribution >= 4 is 11.6 Å². The maximum Gasteiger partial charge on any atom is 0.255 e. The van der Waals surface area contributed by atoms with Gasteiger partial charge in [-0.1, -0.05) is 19.4 Å². The fraction of sp³-hybridized carbons (Fsp3) is 0.533. The molecule has 0 saturated carbocycles. The Morgan fingerprint density at radius 2 is 2.26 bits per heavy atom. The number of rotatable bonds is 4. The third kappa shape index (κ3) is 3.19. The Labute approximate surface area is 114 Å². The second kappa shape index (κ2) is 5.51. The van der Waals surface area contributed by atoms with E-state index in [0.717, 1.165) is 25.1 Å². The first-order valence-corrected chi connectivity index (χ1v) is 6.86. The molecule has 0 aliphatic carbocycles. The summed E-state index contributed by atoms with van der Waals surface area (Å²) in [5.74, 6) is 0.595. The quantitative estimate of drug-likeness (QED) is 0.877. The first kappa shape index (κ1) is 13.7. The van der Waals surface area contributed by atoms with E-state index in [2.05, 4.69) is 17.6 Å². The minimum Gasteiger partial charge on any atom is -0.489 e. The van der Waals surface area contributed by atoms with E-state index >= 15 is 0 Å². The average Bonchev–Trinajstić information content (AvgIpc) is 2.37. The van der Waals surface area contributed by atoms with Crippen molar-refractivity contribution in [3.63, 3.8) is 0 Å². The molecule has 1 aromatic carbocycles. The van der Waals surface area contributed by atoms with Crippen molar-refractivity contribution in [3.05, 3.63) is 23.8 Å². The monoisotopic (exact) mass is 262 g/mol. The smallest absolute Gasteiger partial charge is 0.255 e. The van der Waals surface area contributed by atoms with Crippen LogP contribution in [0.3, 0.4) is 0 Å². The van der Waals surface area contributed by atoms with Gasteiger partial charge >= 0.3 is 0 Å². The zero-order chi connectivity index (χ0) is 13.9. The number of hydrogen-bond acceptors (Lipinski definition) is 3. The zero-order valence-corrected chi connectivity index (χ0v) is 11.9. The number of para-hydroxylation sites is 1. The lowest BCUT2D eigenvalue weighted by molar-refractivity contribution is 0.0905. The summed E-state index contributed by atoms with van der Waals surface area (Å²) in [7, 11) is 0. The molecule has 1 aliphatic heterocycles. The molecule has 2 N–H and O–H groups in total. The van der Waals surface area contributed by atoms with Gasteiger partial charge in [0.2, 0.25) is 0 Å². The van der Waals surface area contributed by atoms with E-state index in [0.29, 0.717) is 17.9 Å². The minimum atomic E-state index is -0.198. The molecule has 0 aromatic heterocycles. The van der Waals surface area contributed by atoms with Crippen molar-refractivity contribution in [2.45, 2.75) is 39.2 Å². The van der Waals surface area contributed by atoms with Crippen LogP contribution in [0.15, 0.2) is 18.2 Å². The Bertz CT molecular complexity index is 469. The number of benzene rings is 1. The molecule has 1 heterocycles. The van der Waals surface area contributed by atoms with E-state index < -0.39 is 0 Å². The van der Waals surface area contributed by atoms with Crippen LogP contribution in [0.4, 0.5) is 5.69 Å². The van der Waals surface area contributed by atoms with Crippen LogP contribution in [0.1, 0.15) is 44.0 Å². The number of fused-ring (bicyclic) bond motifs is 1. The maximum atomic E-state index is 12.4. The molecular weight excluding hydrogens is 240 g/mol. The van der Waals surface area contributed by atoms with E-state index in [4.69, 9.17) is 4.74 Å². The van der Waals surface area contributed by atoms with Crippen LogP contribution in [0.2, 0.25) is 0 Å². The van der Waals surface area contributed by atoms with Gasteiger partial charge in [0.15, 0.2) is 5.75 Å². The molecule has 0 fully saturated rings. The summed E-state index contributed by atoms with van der Waals surface area (Å²) < 4.78 is 5.63. The lowest BCUT2D eigenvalue weighted by atomic mass is 9.98. The molecule has 104 valence electrons. The van der Waals surface area contributed by atoms with Gasteiger partial charge in [-0.15, -0.1) is 0 Å². The van der Waals surface area contributed by atoms with E-state index in [-0.39, 0.29) is 11.4 Å². The number of carbonyl (C=O) groups excluding carboxylic acids is 1. The number of carbonyl (C=O) groups is 1. The summed E-state index contributed by atoms with van der Waals surface area (Å²) in [5, 5.41) is 6.32. The van der Waals surface area contributed by atoms with Crippen molar-refractivity contribution < 1.29 is 9.53 Å². The highest BCUT2D eigenvalue weighted by atomic mass is 16.5. The van der Waals surface area contributed by atoms with Gasteiger partial charge in [-0.25, -0.2) is 0 Å². The third-order valence-corrected chi connectivity index (χ3v) is 3.25. The van der Waals surface area contributed by atoms with Crippen LogP contribution in [0.5, 0.6) is 5.75 Å². The Kier molecular flexibility index (Phi) is 3.98. The minimum absolute atomic E-state index is 0.0704. The highest BCUT2D eigenvalue weighted by Gasteiger charge is 2.24. The first-order valence-electron chi connectivity index (χ1n) is 6.86. The summed E-state index contributed by atoms with van der Waals surface area (Å²) in [6.45, 7) is 7.58. The van der Waals surface area contributed by atoms with Gasteiger partial charge in [0.1, 0.15) is 6.61 Å². The second-order valence-corrected chi connectivity index (χ2v) is 5.55. The predicted molar refractivity (Wildman–Crippen MR) is 76.9 cm³/mol. The van der Waals surface area contributed by atoms with Gasteiger partial charge in [0.25, 0.3) is 5.91 Å². The van der Waals surface area contributed by atoms with Gasteiger partial charge in [-0.2, -0.15) is 0 Å². The van der Waals surface area contributed by atoms with Gasteiger partial charge in [0, 0.05) is 12.1 Å². The van der Waals surface area contributed by atoms with Crippen molar-refractivity contribution in [2.75, 3.05) is 18.5 Å². The normalized spacial score (nSPS) is 14.1. The molecule has 1 aromatic rings. The number of anilines is 1. The lowest BCUT2D eigenvalue weighted by Gasteiger charge is -2.27. The van der Waals surface area contributed by atoms with Gasteiger partial charge < -0.3 is 15.4 Å². The molecule has 4 nitrogen and oxygen atoms in total. The van der Waals surface area contributed by atoms with Crippen LogP contribution in [0, 0.1) is 0 Å². The Morgan fingerprint density at radius 1 is 1.47 bits per heavy atom. The maximum absolute atomic E-state index is 12.4. The standard InChI is InChI=1S/C15H22N2O2/c1-4-8-15(2,3)17-14(18)11-6-5-7-12-13(11)19-10-9-16-12/h5-7,16H,4,8-10H2,1-3H3,(H,17,18). The molecule has 0 spiro atoms. The summed E-state index contributed by atoms with van der Waals surface area (Å²) >= 11 is 0. The molecular formula is C15H22N2O2. The van der Waals surface area contributed by atoms with E-state index in [1.807, 2.05) is 32.0 Å². The van der Waals surface area contributed by atoms with Crippen LogP contribution >= 0.6 is 0 Å². The third-order valence-electron chi connectivity index (χ3n) is 3.25. The van der Waals surface area contributed by atoms with Crippen molar-refractivity contribution in [1.29, 1.82) is 0 Å². The van der Waals surface area contributed by atoms with Gasteiger partial charge in [0.05, 0.1) is 11.3 Å². The van der Waals surface area contributed by atoms with Crippen LogP contribution in [-0.2, 0) is 0 Å². The predicted octanol–water partition coefficient (Wildman–Crippen LogP) is 2.80. The summed E-state index contributed by atoms with van der Waals surface area (Å²) in [4.78, 5) is 12.4. The fourth-order valence-corrected chi connectivity index (χ4v) is 2.41. The molecule has 1 amide bonds. The second-order valence-electron chi connectivity index (χ2n) is 5.55. The summed E-state index contributed by atoms with van der Waals surface area (Å²) in [6, 6.07) is 5.62. The largest absolute Gasteiger partial charge is 0.489 e. The molecule has 4 heteroatoms. The number of ether oxygens (including phenoxy) is 1. The van der Waals surface area contributed by atoms with Crippen molar-refractivity contribution in [3.8, 4) is 5.75 Å². The van der Waals surface area contributed by atoms with Crippen molar-refractivity contribution in [1.82, 2.24) is 5.32 Å². The Balaban J connectivity index is 2.20. The topological polar surface area (TPSA) is 50.4 Å². The molecule has 0 unspecified atom stereocenters. The molecule has 2 rings (SSSR count). The fourth-order valence-electron chi connectivity index (χ4n) is 2.41. The average molecular weight is 262 g/mol. The summed E-state index contributed by atoms with van der Waals surface area (Å²) in [6.07, 6.45) is 1.99. The molecule has 0 radical (unpaired) electrons. The summed E-state index contributed by atoms with van der Waals surface area (Å²) in [5.41, 5.74) is 1.30. The van der Waals surface area contributed by atoms with Gasteiger partial charge in [-0.05, 0) is 32.4 Å². The molecule has 19 heavy (non-hydrogen) atoms. The van der Waals surface area contributed by atoms with Gasteiger partial charge in [-0.3, -0.25) is 4.79 Å². The van der Waals surface area contributed by atoms with Crippen molar-refractivity contribution in [2.24, 2.45) is 0 Å². The zero-order valence-electron chi connectivity index (χ0n) is 11.9. The Hall–Kier alpha value is -1.71. The number of hydrogen-bond donors (Lipinski definition) is 2. The molecule has 0 atom stereocenters. The van der Waals surface area contributed by atoms with Crippen LogP contribution in [-0.4, -0.2) is 24.6 Å². The SMILES string of the molecule is CCCC(C)(C)NC(=O)c1cccc2c1OCCN2. The number of amides is 1. The highest BCUT2D eigenvalue weighted by Crippen LogP contribution is 2.31. The molecule has 1 aliphatic rings. The van der Waals surface area contributed by atoms with E-state index in [1.54, 1.807) is 0 Å². The number of nitrogens with one attached hydrogen (secondary N) is 2. The van der Waals surface area contributed by atoms with E-state index in [1.165, 1.54) is 0 Å². The first-order chi connectivity index (χ1) is 9.03. The van der Waals surface area contributed by atoms with E-state index in [9.17, 15) is 4.79 Å².